The maximum Gasteiger partial charge on any atom is 0.0639 e. The Morgan fingerprint density at radius 2 is 1.76 bits per heavy atom. The molecule has 3 nitrogen and oxygen atoms in total. The molecule has 2 atom stereocenters. The van der Waals surface area contributed by atoms with Crippen molar-refractivity contribution in [2.75, 3.05) is 37.6 Å². The maximum absolute atomic E-state index is 6.30. The number of piperazine rings is 1. The number of hydrogen-bond acceptors (Lipinski definition) is 3. The van der Waals surface area contributed by atoms with Gasteiger partial charge in [0.1, 0.15) is 0 Å². The lowest BCUT2D eigenvalue weighted by Crippen LogP contribution is -2.50. The highest BCUT2D eigenvalue weighted by Crippen LogP contribution is 2.27. The third-order valence-corrected chi connectivity index (χ3v) is 5.35. The number of anilines is 1. The minimum atomic E-state index is 0.417. The van der Waals surface area contributed by atoms with Crippen molar-refractivity contribution in [2.45, 2.75) is 31.7 Å². The molecule has 2 N–H and O–H groups in total. The number of rotatable bonds is 3. The van der Waals surface area contributed by atoms with E-state index in [9.17, 15) is 0 Å². The molecule has 0 radical (unpaired) electrons. The average Bonchev–Trinajstić information content (AvgIpc) is 2.51. The summed E-state index contributed by atoms with van der Waals surface area (Å²) in [6.07, 6.45) is 5.20. The van der Waals surface area contributed by atoms with Crippen LogP contribution in [0.1, 0.15) is 25.7 Å². The van der Waals surface area contributed by atoms with Gasteiger partial charge in [-0.25, -0.2) is 0 Å². The van der Waals surface area contributed by atoms with Gasteiger partial charge in [0.25, 0.3) is 0 Å². The Morgan fingerprint density at radius 1 is 1.05 bits per heavy atom. The first kappa shape index (κ1) is 15.1. The SMILES string of the molecule is NC1CCCCC1CN1CCN(c2ccccc2Cl)CC1. The van der Waals surface area contributed by atoms with Crippen LogP contribution in [0.4, 0.5) is 5.69 Å². The molecule has 116 valence electrons. The molecular formula is C17H26ClN3. The Kier molecular flexibility index (Phi) is 5.04. The van der Waals surface area contributed by atoms with Gasteiger partial charge >= 0.3 is 0 Å². The van der Waals surface area contributed by atoms with E-state index in [1.165, 1.54) is 37.9 Å². The van der Waals surface area contributed by atoms with E-state index in [2.05, 4.69) is 21.9 Å². The van der Waals surface area contributed by atoms with Gasteiger partial charge < -0.3 is 10.6 Å². The second-order valence-electron chi connectivity index (χ2n) is 6.45. The van der Waals surface area contributed by atoms with Crippen molar-refractivity contribution in [3.8, 4) is 0 Å². The van der Waals surface area contributed by atoms with Crippen molar-refractivity contribution in [3.63, 3.8) is 0 Å². The summed E-state index contributed by atoms with van der Waals surface area (Å²) < 4.78 is 0. The minimum Gasteiger partial charge on any atom is -0.368 e. The van der Waals surface area contributed by atoms with Crippen LogP contribution in [-0.4, -0.2) is 43.7 Å². The average molecular weight is 308 g/mol. The molecule has 2 unspecified atom stereocenters. The van der Waals surface area contributed by atoms with Crippen LogP contribution in [0.3, 0.4) is 0 Å². The van der Waals surface area contributed by atoms with Gasteiger partial charge in [-0.1, -0.05) is 36.6 Å². The highest BCUT2D eigenvalue weighted by atomic mass is 35.5. The van der Waals surface area contributed by atoms with Crippen LogP contribution in [-0.2, 0) is 0 Å². The van der Waals surface area contributed by atoms with E-state index in [0.717, 1.165) is 31.2 Å². The second kappa shape index (κ2) is 6.99. The van der Waals surface area contributed by atoms with E-state index in [1.54, 1.807) is 0 Å². The number of para-hydroxylation sites is 1. The van der Waals surface area contributed by atoms with Gasteiger partial charge in [-0.15, -0.1) is 0 Å². The molecule has 1 heterocycles. The first-order valence-corrected chi connectivity index (χ1v) is 8.59. The molecule has 0 bridgehead atoms. The summed E-state index contributed by atoms with van der Waals surface area (Å²) >= 11 is 6.30. The number of hydrogen-bond donors (Lipinski definition) is 1. The summed E-state index contributed by atoms with van der Waals surface area (Å²) in [7, 11) is 0. The van der Waals surface area contributed by atoms with E-state index in [-0.39, 0.29) is 0 Å². The van der Waals surface area contributed by atoms with Crippen LogP contribution in [0.25, 0.3) is 0 Å². The zero-order valence-corrected chi connectivity index (χ0v) is 13.4. The molecule has 0 aromatic heterocycles. The van der Waals surface area contributed by atoms with Crippen LogP contribution < -0.4 is 10.6 Å². The molecule has 1 aliphatic heterocycles. The second-order valence-corrected chi connectivity index (χ2v) is 6.85. The van der Waals surface area contributed by atoms with Gasteiger partial charge in [0.05, 0.1) is 10.7 Å². The van der Waals surface area contributed by atoms with Crippen LogP contribution in [0.5, 0.6) is 0 Å². The Hall–Kier alpha value is -0.770. The summed E-state index contributed by atoms with van der Waals surface area (Å²) in [6, 6.07) is 8.57. The van der Waals surface area contributed by atoms with E-state index >= 15 is 0 Å². The predicted octanol–water partition coefficient (Wildman–Crippen LogP) is 2.98. The zero-order valence-electron chi connectivity index (χ0n) is 12.7. The fraction of sp³-hybridized carbons (Fsp3) is 0.647. The molecule has 1 saturated heterocycles. The van der Waals surface area contributed by atoms with Gasteiger partial charge in [0, 0.05) is 38.8 Å². The lowest BCUT2D eigenvalue weighted by atomic mass is 9.84. The lowest BCUT2D eigenvalue weighted by molar-refractivity contribution is 0.177. The number of nitrogens with two attached hydrogens (primary N) is 1. The van der Waals surface area contributed by atoms with Crippen molar-refractivity contribution in [2.24, 2.45) is 11.7 Å². The van der Waals surface area contributed by atoms with E-state index in [4.69, 9.17) is 17.3 Å². The van der Waals surface area contributed by atoms with E-state index < -0.39 is 0 Å². The van der Waals surface area contributed by atoms with Crippen molar-refractivity contribution in [3.05, 3.63) is 29.3 Å². The third kappa shape index (κ3) is 3.71. The summed E-state index contributed by atoms with van der Waals surface area (Å²) in [5.41, 5.74) is 7.45. The molecule has 0 amide bonds. The Labute approximate surface area is 133 Å². The molecule has 2 aliphatic rings. The van der Waals surface area contributed by atoms with Gasteiger partial charge in [-0.2, -0.15) is 0 Å². The van der Waals surface area contributed by atoms with Crippen LogP contribution in [0.2, 0.25) is 5.02 Å². The lowest BCUT2D eigenvalue weighted by Gasteiger charge is -2.39. The molecule has 4 heteroatoms. The Balaban J connectivity index is 1.52. The minimum absolute atomic E-state index is 0.417. The smallest absolute Gasteiger partial charge is 0.0639 e. The Morgan fingerprint density at radius 3 is 2.48 bits per heavy atom. The highest BCUT2D eigenvalue weighted by Gasteiger charge is 2.26. The van der Waals surface area contributed by atoms with Crippen molar-refractivity contribution in [1.82, 2.24) is 4.90 Å². The standard InChI is InChI=1S/C17H26ClN3/c18-15-6-2-4-8-17(15)21-11-9-20(10-12-21)13-14-5-1-3-7-16(14)19/h2,4,6,8,14,16H,1,3,5,7,9-13,19H2. The largest absolute Gasteiger partial charge is 0.368 e. The Bertz CT molecular complexity index is 457. The normalized spacial score (nSPS) is 27.8. The van der Waals surface area contributed by atoms with E-state index in [1.807, 2.05) is 12.1 Å². The topological polar surface area (TPSA) is 32.5 Å². The molecule has 1 saturated carbocycles. The maximum atomic E-state index is 6.30. The first-order valence-electron chi connectivity index (χ1n) is 8.21. The van der Waals surface area contributed by atoms with Gasteiger partial charge in [0.2, 0.25) is 0 Å². The van der Waals surface area contributed by atoms with Gasteiger partial charge in [-0.3, -0.25) is 4.90 Å². The molecule has 21 heavy (non-hydrogen) atoms. The molecule has 3 rings (SSSR count). The van der Waals surface area contributed by atoms with Gasteiger partial charge in [0.15, 0.2) is 0 Å². The third-order valence-electron chi connectivity index (χ3n) is 5.03. The first-order chi connectivity index (χ1) is 10.2. The van der Waals surface area contributed by atoms with Crippen LogP contribution in [0, 0.1) is 5.92 Å². The summed E-state index contributed by atoms with van der Waals surface area (Å²) in [4.78, 5) is 4.99. The quantitative estimate of drug-likeness (QED) is 0.932. The summed E-state index contributed by atoms with van der Waals surface area (Å²) in [5, 5.41) is 0.861. The predicted molar refractivity (Wildman–Crippen MR) is 90.0 cm³/mol. The fourth-order valence-corrected chi connectivity index (χ4v) is 3.93. The molecule has 1 aliphatic carbocycles. The van der Waals surface area contributed by atoms with Crippen molar-refractivity contribution < 1.29 is 0 Å². The zero-order chi connectivity index (χ0) is 14.7. The molecule has 1 aromatic rings. The van der Waals surface area contributed by atoms with Crippen molar-refractivity contribution >= 4 is 17.3 Å². The molecular weight excluding hydrogens is 282 g/mol. The monoisotopic (exact) mass is 307 g/mol. The summed E-state index contributed by atoms with van der Waals surface area (Å²) in [6.45, 7) is 5.54. The van der Waals surface area contributed by atoms with Crippen LogP contribution >= 0.6 is 11.6 Å². The molecule has 2 fully saturated rings. The number of benzene rings is 1. The molecule has 1 aromatic carbocycles. The number of halogens is 1. The summed E-state index contributed by atoms with van der Waals surface area (Å²) in [5.74, 6) is 0.700. The fourth-order valence-electron chi connectivity index (χ4n) is 3.67. The van der Waals surface area contributed by atoms with Gasteiger partial charge in [-0.05, 0) is 30.9 Å². The van der Waals surface area contributed by atoms with E-state index in [0.29, 0.717) is 12.0 Å². The number of nitrogens with zero attached hydrogens (tertiary/aromatic N) is 2. The highest BCUT2D eigenvalue weighted by molar-refractivity contribution is 6.33. The van der Waals surface area contributed by atoms with Crippen LogP contribution in [0.15, 0.2) is 24.3 Å². The van der Waals surface area contributed by atoms with Crippen molar-refractivity contribution in [1.29, 1.82) is 0 Å². The molecule has 0 spiro atoms.